The molecule has 0 aliphatic heterocycles. The molecular weight excluding hydrogens is 687 g/mol. The molecule has 0 saturated carbocycles. The van der Waals surface area contributed by atoms with Crippen LogP contribution in [0.1, 0.15) is 107 Å². The maximum Gasteiger partial charge on any atom is 0.145 e. The van der Waals surface area contributed by atoms with Crippen molar-refractivity contribution in [3.63, 3.8) is 0 Å². The summed E-state index contributed by atoms with van der Waals surface area (Å²) in [5.41, 5.74) is 19.4. The van der Waals surface area contributed by atoms with Gasteiger partial charge in [-0.05, 0) is 70.2 Å². The van der Waals surface area contributed by atoms with Gasteiger partial charge in [-0.25, -0.2) is 9.97 Å². The van der Waals surface area contributed by atoms with Crippen LogP contribution in [-0.2, 0) is 0 Å². The van der Waals surface area contributed by atoms with Crippen molar-refractivity contribution in [3.05, 3.63) is 150 Å². The third kappa shape index (κ3) is 6.02. The van der Waals surface area contributed by atoms with Crippen LogP contribution >= 0.6 is 0 Å². The van der Waals surface area contributed by atoms with Crippen LogP contribution in [0.4, 0.5) is 0 Å². The topological polar surface area (TPSA) is 90.4 Å². The second-order valence-corrected chi connectivity index (χ2v) is 16.1. The van der Waals surface area contributed by atoms with Crippen LogP contribution < -0.4 is 5.73 Å². The number of para-hydroxylation sites is 3. The van der Waals surface area contributed by atoms with E-state index in [1.165, 1.54) is 27.9 Å². The Kier molecular flexibility index (Phi) is 9.49. The Morgan fingerprint density at radius 3 is 1.64 bits per heavy atom. The Morgan fingerprint density at radius 2 is 1.09 bits per heavy atom. The Bertz CT molecular complexity index is 2700. The average Bonchev–Trinajstić information content (AvgIpc) is 3.95. The van der Waals surface area contributed by atoms with Crippen LogP contribution in [0.5, 0.6) is 0 Å². The predicted octanol–water partition coefficient (Wildman–Crippen LogP) is 12.3. The molecule has 0 bridgehead atoms. The molecule has 56 heavy (non-hydrogen) atoms. The van der Waals surface area contributed by atoms with Gasteiger partial charge in [-0.2, -0.15) is 0 Å². The molecule has 0 radical (unpaired) electrons. The molecule has 3 heterocycles. The zero-order valence-corrected chi connectivity index (χ0v) is 33.7. The first-order chi connectivity index (χ1) is 27.0. The number of fused-ring (bicyclic) bond motifs is 3. The molecule has 3 aromatic heterocycles. The smallest absolute Gasteiger partial charge is 0.145 e. The van der Waals surface area contributed by atoms with E-state index in [0.29, 0.717) is 29.2 Å². The number of hydrogen-bond acceptors (Lipinski definition) is 3. The third-order valence-corrected chi connectivity index (χ3v) is 11.2. The first kappa shape index (κ1) is 36.8. The number of hydrogen-bond donors (Lipinski definition) is 2. The van der Waals surface area contributed by atoms with Gasteiger partial charge in [0.25, 0.3) is 0 Å². The summed E-state index contributed by atoms with van der Waals surface area (Å²) in [7, 11) is 0. The lowest BCUT2D eigenvalue weighted by Crippen LogP contribution is -2.16. The fourth-order valence-electron chi connectivity index (χ4n) is 8.53. The maximum atomic E-state index is 9.19. The number of nitrogen functional groups attached to an aromatic ring is 1. The number of benzene rings is 5. The van der Waals surface area contributed by atoms with Gasteiger partial charge in [-0.3, -0.25) is 14.5 Å². The van der Waals surface area contributed by atoms with Crippen LogP contribution in [0.25, 0.3) is 61.6 Å². The predicted molar refractivity (Wildman–Crippen MR) is 233 cm³/mol. The number of aromatic nitrogens is 5. The highest BCUT2D eigenvalue weighted by Gasteiger charge is 2.26. The van der Waals surface area contributed by atoms with Gasteiger partial charge < -0.3 is 10.3 Å². The number of imidazole rings is 2. The number of nitrogens with one attached hydrogen (secondary N) is 1. The minimum Gasteiger partial charge on any atom is -0.384 e. The summed E-state index contributed by atoms with van der Waals surface area (Å²) >= 11 is 0. The lowest BCUT2D eigenvalue weighted by molar-refractivity contribution is 0.806. The summed E-state index contributed by atoms with van der Waals surface area (Å²) in [6, 6.07) is 34.5. The molecule has 282 valence electrons. The van der Waals surface area contributed by atoms with E-state index in [9.17, 15) is 5.41 Å². The lowest BCUT2D eigenvalue weighted by atomic mass is 9.92. The molecule has 5 aromatic carbocycles. The molecule has 7 heteroatoms. The van der Waals surface area contributed by atoms with Crippen LogP contribution in [0, 0.1) is 5.41 Å². The van der Waals surface area contributed by atoms with E-state index in [1.807, 2.05) is 18.6 Å². The third-order valence-electron chi connectivity index (χ3n) is 11.2. The van der Waals surface area contributed by atoms with Gasteiger partial charge in [0.05, 0.1) is 28.0 Å². The summed E-state index contributed by atoms with van der Waals surface area (Å²) in [4.78, 5) is 9.96. The Hall–Kier alpha value is -6.21. The van der Waals surface area contributed by atoms with Crippen molar-refractivity contribution in [2.24, 2.45) is 5.73 Å². The monoisotopic (exact) mass is 737 g/mol. The largest absolute Gasteiger partial charge is 0.384 e. The van der Waals surface area contributed by atoms with E-state index in [1.54, 1.807) is 0 Å². The number of nitrogens with zero attached hydrogens (tertiary/aromatic N) is 5. The zero-order valence-electron chi connectivity index (χ0n) is 33.7. The number of amidine groups is 1. The van der Waals surface area contributed by atoms with Crippen molar-refractivity contribution in [2.45, 2.75) is 79.1 Å². The summed E-state index contributed by atoms with van der Waals surface area (Å²) in [6.07, 6.45) is 7.88. The van der Waals surface area contributed by atoms with Gasteiger partial charge in [-0.15, -0.1) is 0 Å². The molecule has 0 aliphatic rings. The normalized spacial score (nSPS) is 12.0. The van der Waals surface area contributed by atoms with Gasteiger partial charge >= 0.3 is 0 Å². The van der Waals surface area contributed by atoms with Gasteiger partial charge in [0, 0.05) is 52.4 Å². The van der Waals surface area contributed by atoms with Crippen LogP contribution in [0.2, 0.25) is 0 Å². The van der Waals surface area contributed by atoms with Crippen LogP contribution in [0.3, 0.4) is 0 Å². The van der Waals surface area contributed by atoms with Gasteiger partial charge in [0.2, 0.25) is 0 Å². The molecule has 0 fully saturated rings. The van der Waals surface area contributed by atoms with Crippen molar-refractivity contribution in [1.29, 1.82) is 5.41 Å². The molecule has 7 nitrogen and oxygen atoms in total. The second-order valence-electron chi connectivity index (χ2n) is 16.1. The summed E-state index contributed by atoms with van der Waals surface area (Å²) in [5.74, 6) is 2.90. The molecule has 0 amide bonds. The summed E-state index contributed by atoms with van der Waals surface area (Å²) in [5, 5.41) is 11.3. The van der Waals surface area contributed by atoms with Crippen LogP contribution in [-0.4, -0.2) is 29.5 Å². The van der Waals surface area contributed by atoms with Gasteiger partial charge in [0.15, 0.2) is 0 Å². The molecular formula is C49H51N7. The van der Waals surface area contributed by atoms with Crippen molar-refractivity contribution in [3.8, 4) is 39.8 Å². The van der Waals surface area contributed by atoms with E-state index in [2.05, 4.69) is 172 Å². The second kappa shape index (κ2) is 14.5. The van der Waals surface area contributed by atoms with E-state index in [-0.39, 0.29) is 5.84 Å². The van der Waals surface area contributed by atoms with E-state index >= 15 is 0 Å². The fraction of sp³-hybridized carbons (Fsp3) is 0.245. The average molecular weight is 738 g/mol. The highest BCUT2D eigenvalue weighted by molar-refractivity contribution is 6.19. The Morgan fingerprint density at radius 1 is 0.571 bits per heavy atom. The quantitative estimate of drug-likeness (QED) is 0.108. The van der Waals surface area contributed by atoms with Crippen molar-refractivity contribution in [2.75, 3.05) is 0 Å². The minimum absolute atomic E-state index is 0.0105. The molecule has 0 aliphatic carbocycles. The zero-order chi connectivity index (χ0) is 39.4. The molecule has 0 saturated heterocycles. The number of nitrogens with two attached hydrogens (primary N) is 1. The standard InChI is InChI=1S/C49H51N7/c1-29(2)35-17-12-18-36(30(3)4)44(35)54-26-24-52-48(54)33-14-11-15-34(28-33)56-42-21-10-9-16-39(42)40-22-23-41(43(46(40)56)47(50)51)49-53-25-27-55(49)45-37(31(5)6)19-13-20-38(45)32(7)8/h9-32H,1-8H3,(H3,50,51). The summed E-state index contributed by atoms with van der Waals surface area (Å²) < 4.78 is 6.72. The fourth-order valence-corrected chi connectivity index (χ4v) is 8.53. The van der Waals surface area contributed by atoms with Gasteiger partial charge in [-0.1, -0.05) is 128 Å². The minimum atomic E-state index is -0.0105. The molecule has 0 unspecified atom stereocenters. The van der Waals surface area contributed by atoms with E-state index in [4.69, 9.17) is 15.7 Å². The summed E-state index contributed by atoms with van der Waals surface area (Å²) in [6.45, 7) is 17.9. The first-order valence-corrected chi connectivity index (χ1v) is 19.8. The molecule has 8 aromatic rings. The van der Waals surface area contributed by atoms with Gasteiger partial charge in [0.1, 0.15) is 17.5 Å². The Balaban J connectivity index is 1.38. The molecule has 8 rings (SSSR count). The van der Waals surface area contributed by atoms with Crippen molar-refractivity contribution >= 4 is 27.6 Å². The van der Waals surface area contributed by atoms with Crippen molar-refractivity contribution in [1.82, 2.24) is 23.7 Å². The SMILES string of the molecule is CC(C)c1cccc(C(C)C)c1-n1ccnc1-c1cccc(-n2c3ccccc3c3ccc(-c4nccn4-c4c(C(C)C)cccc4C(C)C)c(C(=N)N)c32)c1. The highest BCUT2D eigenvalue weighted by Crippen LogP contribution is 2.41. The molecule has 0 spiro atoms. The molecule has 0 atom stereocenters. The highest BCUT2D eigenvalue weighted by atomic mass is 15.1. The lowest BCUT2D eigenvalue weighted by Gasteiger charge is -2.22. The maximum absolute atomic E-state index is 9.19. The number of rotatable bonds is 10. The van der Waals surface area contributed by atoms with Crippen molar-refractivity contribution < 1.29 is 0 Å². The van der Waals surface area contributed by atoms with E-state index < -0.39 is 0 Å². The Labute approximate surface area is 330 Å². The molecule has 3 N–H and O–H groups in total. The van der Waals surface area contributed by atoms with E-state index in [0.717, 1.165) is 56.0 Å². The van der Waals surface area contributed by atoms with Crippen LogP contribution in [0.15, 0.2) is 122 Å². The first-order valence-electron chi connectivity index (χ1n) is 19.8.